The number of nitrogens with two attached hydrogens (primary N) is 1. The molecule has 1 aromatic carbocycles. The topological polar surface area (TPSA) is 94.0 Å². The van der Waals surface area contributed by atoms with Crippen molar-refractivity contribution in [3.05, 3.63) is 35.2 Å². The summed E-state index contributed by atoms with van der Waals surface area (Å²) in [5.41, 5.74) is 8.94. The highest BCUT2D eigenvalue weighted by molar-refractivity contribution is 7.99. The van der Waals surface area contributed by atoms with Crippen LogP contribution in [-0.4, -0.2) is 21.9 Å². The molecule has 0 spiro atoms. The first kappa shape index (κ1) is 18.5. The molecule has 0 bridgehead atoms. The fraction of sp³-hybridized carbons (Fsp3) is 0.471. The van der Waals surface area contributed by atoms with E-state index in [9.17, 15) is 4.79 Å². The summed E-state index contributed by atoms with van der Waals surface area (Å²) in [5.74, 6) is 0.963. The molecule has 1 heterocycles. The number of amides is 1. The second-order valence-corrected chi connectivity index (χ2v) is 7.17. The van der Waals surface area contributed by atoms with Crippen molar-refractivity contribution in [1.29, 1.82) is 0 Å². The van der Waals surface area contributed by atoms with Gasteiger partial charge in [0.25, 0.3) is 5.22 Å². The highest BCUT2D eigenvalue weighted by atomic mass is 32.2. The van der Waals surface area contributed by atoms with Crippen molar-refractivity contribution in [2.24, 2.45) is 11.7 Å². The molecule has 0 fully saturated rings. The van der Waals surface area contributed by atoms with Crippen LogP contribution >= 0.6 is 11.8 Å². The molecule has 1 aromatic heterocycles. The van der Waals surface area contributed by atoms with Crippen molar-refractivity contribution >= 4 is 23.4 Å². The number of anilines is 1. The molecule has 7 heteroatoms. The number of aryl methyl sites for hydroxylation is 2. The van der Waals surface area contributed by atoms with E-state index in [4.69, 9.17) is 10.2 Å². The average Bonchev–Trinajstić information content (AvgIpc) is 2.97. The molecule has 0 radical (unpaired) electrons. The zero-order valence-electron chi connectivity index (χ0n) is 14.5. The van der Waals surface area contributed by atoms with Crippen LogP contribution in [0.1, 0.15) is 43.3 Å². The molecule has 1 atom stereocenters. The first-order valence-corrected chi connectivity index (χ1v) is 8.93. The zero-order chi connectivity index (χ0) is 17.7. The average molecular weight is 348 g/mol. The van der Waals surface area contributed by atoms with Gasteiger partial charge in [-0.25, -0.2) is 0 Å². The molecule has 6 nitrogen and oxygen atoms in total. The van der Waals surface area contributed by atoms with Gasteiger partial charge in [0.05, 0.1) is 11.8 Å². The third-order valence-corrected chi connectivity index (χ3v) is 4.36. The molecular weight excluding hydrogens is 324 g/mol. The molecule has 0 saturated heterocycles. The van der Waals surface area contributed by atoms with Gasteiger partial charge in [-0.1, -0.05) is 43.8 Å². The van der Waals surface area contributed by atoms with Gasteiger partial charge in [-0.05, 0) is 37.3 Å². The maximum Gasteiger partial charge on any atom is 0.277 e. The van der Waals surface area contributed by atoms with Crippen LogP contribution in [0.4, 0.5) is 5.69 Å². The van der Waals surface area contributed by atoms with Crippen LogP contribution < -0.4 is 11.1 Å². The third-order valence-electron chi connectivity index (χ3n) is 3.54. The van der Waals surface area contributed by atoms with E-state index < -0.39 is 0 Å². The summed E-state index contributed by atoms with van der Waals surface area (Å²) in [4.78, 5) is 12.1. The van der Waals surface area contributed by atoms with E-state index in [1.54, 1.807) is 0 Å². The van der Waals surface area contributed by atoms with Crippen molar-refractivity contribution in [3.8, 4) is 0 Å². The van der Waals surface area contributed by atoms with Crippen LogP contribution in [-0.2, 0) is 4.79 Å². The Hall–Kier alpha value is -1.86. The van der Waals surface area contributed by atoms with Gasteiger partial charge in [0, 0.05) is 5.69 Å². The lowest BCUT2D eigenvalue weighted by atomic mass is 10.1. The molecule has 0 unspecified atom stereocenters. The maximum atomic E-state index is 12.1. The molecule has 0 saturated carbocycles. The summed E-state index contributed by atoms with van der Waals surface area (Å²) in [6, 6.07) is 5.64. The van der Waals surface area contributed by atoms with Crippen LogP contribution in [0.3, 0.4) is 0 Å². The molecule has 3 N–H and O–H groups in total. The Bertz CT molecular complexity index is 679. The largest absolute Gasteiger partial charge is 0.414 e. The molecule has 0 aliphatic carbocycles. The minimum Gasteiger partial charge on any atom is -0.414 e. The van der Waals surface area contributed by atoms with Gasteiger partial charge in [-0.2, -0.15) is 0 Å². The fourth-order valence-corrected chi connectivity index (χ4v) is 2.92. The van der Waals surface area contributed by atoms with Crippen LogP contribution in [0.2, 0.25) is 0 Å². The Morgan fingerprint density at radius 2 is 1.96 bits per heavy atom. The SMILES string of the molecule is Cc1cccc(C)c1NC(=O)CSc1nnc([C@@H](N)CC(C)C)o1. The van der Waals surface area contributed by atoms with E-state index in [-0.39, 0.29) is 17.7 Å². The number of hydrogen-bond donors (Lipinski definition) is 2. The Labute approximate surface area is 146 Å². The summed E-state index contributed by atoms with van der Waals surface area (Å²) >= 11 is 1.21. The van der Waals surface area contributed by atoms with Crippen molar-refractivity contribution < 1.29 is 9.21 Å². The first-order valence-electron chi connectivity index (χ1n) is 7.94. The van der Waals surface area contributed by atoms with Gasteiger partial charge >= 0.3 is 0 Å². The lowest BCUT2D eigenvalue weighted by molar-refractivity contribution is -0.113. The van der Waals surface area contributed by atoms with Gasteiger partial charge < -0.3 is 15.5 Å². The number of nitrogens with one attached hydrogen (secondary N) is 1. The fourth-order valence-electron chi connectivity index (χ4n) is 2.35. The number of thioether (sulfide) groups is 1. The molecule has 1 amide bonds. The Kier molecular flexibility index (Phi) is 6.39. The molecular formula is C17H24N4O2S. The van der Waals surface area contributed by atoms with Gasteiger partial charge in [-0.3, -0.25) is 4.79 Å². The van der Waals surface area contributed by atoms with Crippen molar-refractivity contribution in [2.75, 3.05) is 11.1 Å². The standard InChI is InChI=1S/C17H24N4O2S/c1-10(2)8-13(18)16-20-21-17(23-16)24-9-14(22)19-15-11(3)6-5-7-12(15)4/h5-7,10,13H,8-9,18H2,1-4H3,(H,19,22)/t13-/m0/s1. The predicted molar refractivity (Wildman–Crippen MR) is 96.0 cm³/mol. The maximum absolute atomic E-state index is 12.1. The lowest BCUT2D eigenvalue weighted by Crippen LogP contribution is -2.15. The number of nitrogens with zero attached hydrogens (tertiary/aromatic N) is 2. The van der Waals surface area contributed by atoms with E-state index in [1.165, 1.54) is 11.8 Å². The van der Waals surface area contributed by atoms with Gasteiger partial charge in [0.1, 0.15) is 0 Å². The number of carbonyl (C=O) groups excluding carboxylic acids is 1. The molecule has 0 aliphatic rings. The Morgan fingerprint density at radius 3 is 2.58 bits per heavy atom. The second kappa shape index (κ2) is 8.30. The quantitative estimate of drug-likeness (QED) is 0.744. The number of hydrogen-bond acceptors (Lipinski definition) is 6. The number of rotatable bonds is 7. The normalized spacial score (nSPS) is 12.4. The number of benzene rings is 1. The number of para-hydroxylation sites is 1. The molecule has 2 rings (SSSR count). The Morgan fingerprint density at radius 1 is 1.29 bits per heavy atom. The molecule has 24 heavy (non-hydrogen) atoms. The minimum atomic E-state index is -0.268. The second-order valence-electron chi connectivity index (χ2n) is 6.25. The smallest absolute Gasteiger partial charge is 0.277 e. The van der Waals surface area contributed by atoms with Crippen LogP contribution in [0, 0.1) is 19.8 Å². The summed E-state index contributed by atoms with van der Waals surface area (Å²) in [7, 11) is 0. The molecule has 130 valence electrons. The number of carbonyl (C=O) groups is 1. The van der Waals surface area contributed by atoms with E-state index >= 15 is 0 Å². The van der Waals surface area contributed by atoms with E-state index in [0.717, 1.165) is 23.2 Å². The Balaban J connectivity index is 1.89. The van der Waals surface area contributed by atoms with E-state index in [0.29, 0.717) is 17.0 Å². The van der Waals surface area contributed by atoms with Crippen molar-refractivity contribution in [2.45, 2.75) is 45.4 Å². The van der Waals surface area contributed by atoms with Crippen molar-refractivity contribution in [3.63, 3.8) is 0 Å². The van der Waals surface area contributed by atoms with E-state index in [2.05, 4.69) is 29.4 Å². The van der Waals surface area contributed by atoms with Crippen molar-refractivity contribution in [1.82, 2.24) is 10.2 Å². The van der Waals surface area contributed by atoms with Gasteiger partial charge in [-0.15, -0.1) is 10.2 Å². The molecule has 0 aliphatic heterocycles. The van der Waals surface area contributed by atoms with Crippen LogP contribution in [0.5, 0.6) is 0 Å². The monoisotopic (exact) mass is 348 g/mol. The van der Waals surface area contributed by atoms with Crippen LogP contribution in [0.25, 0.3) is 0 Å². The summed E-state index contributed by atoms with van der Waals surface area (Å²) in [6.07, 6.45) is 0.777. The van der Waals surface area contributed by atoms with E-state index in [1.807, 2.05) is 32.0 Å². The summed E-state index contributed by atoms with van der Waals surface area (Å²) in [5, 5.41) is 11.2. The van der Waals surface area contributed by atoms with Gasteiger partial charge in [0.2, 0.25) is 11.8 Å². The predicted octanol–water partition coefficient (Wildman–Crippen LogP) is 3.46. The van der Waals surface area contributed by atoms with Crippen LogP contribution in [0.15, 0.2) is 27.8 Å². The highest BCUT2D eigenvalue weighted by Crippen LogP contribution is 2.23. The van der Waals surface area contributed by atoms with Gasteiger partial charge in [0.15, 0.2) is 0 Å². The lowest BCUT2D eigenvalue weighted by Gasteiger charge is -2.10. The highest BCUT2D eigenvalue weighted by Gasteiger charge is 2.17. The summed E-state index contributed by atoms with van der Waals surface area (Å²) < 4.78 is 5.53. The first-order chi connectivity index (χ1) is 11.4. The minimum absolute atomic E-state index is 0.108. The third kappa shape index (κ3) is 5.07. The number of aromatic nitrogens is 2. The summed E-state index contributed by atoms with van der Waals surface area (Å²) in [6.45, 7) is 8.11. The zero-order valence-corrected chi connectivity index (χ0v) is 15.3. The molecule has 2 aromatic rings.